The number of aliphatic hydroxyl groups excluding tert-OH is 1. The quantitative estimate of drug-likeness (QED) is 0.633. The van der Waals surface area contributed by atoms with Gasteiger partial charge in [-0.05, 0) is 12.1 Å². The molecule has 0 spiro atoms. The molecule has 1 amide bonds. The molecule has 1 heterocycles. The van der Waals surface area contributed by atoms with Gasteiger partial charge in [-0.15, -0.1) is 0 Å². The highest BCUT2D eigenvalue weighted by Crippen LogP contribution is 2.34. The highest BCUT2D eigenvalue weighted by molar-refractivity contribution is 7.89. The summed E-state index contributed by atoms with van der Waals surface area (Å²) in [5.74, 6) is -2.19. The Hall–Kier alpha value is -3.13. The summed E-state index contributed by atoms with van der Waals surface area (Å²) in [6.07, 6.45) is 0. The first kappa shape index (κ1) is 16.7. The molecule has 0 aliphatic carbocycles. The highest BCUT2D eigenvalue weighted by atomic mass is 32.2. The lowest BCUT2D eigenvalue weighted by atomic mass is 10.0. The van der Waals surface area contributed by atoms with Crippen LogP contribution in [-0.2, 0) is 14.8 Å². The zero-order chi connectivity index (χ0) is 18.2. The van der Waals surface area contributed by atoms with Crippen molar-refractivity contribution in [3.63, 3.8) is 0 Å². The number of amides is 1. The van der Waals surface area contributed by atoms with Gasteiger partial charge in [-0.25, -0.2) is 12.7 Å². The largest absolute Gasteiger partial charge is 0.505 e. The molecule has 0 unspecified atom stereocenters. The average molecular weight is 358 g/mol. The maximum Gasteiger partial charge on any atom is 0.265 e. The molecule has 128 valence electrons. The number of carbonyl (C=O) groups is 2. The molecule has 7 nitrogen and oxygen atoms in total. The van der Waals surface area contributed by atoms with Gasteiger partial charge >= 0.3 is 0 Å². The van der Waals surface area contributed by atoms with Crippen molar-refractivity contribution < 1.29 is 23.1 Å². The van der Waals surface area contributed by atoms with Crippen LogP contribution in [-0.4, -0.2) is 36.1 Å². The van der Waals surface area contributed by atoms with E-state index in [9.17, 15) is 23.1 Å². The number of hydrogen-bond donors (Lipinski definition) is 2. The summed E-state index contributed by atoms with van der Waals surface area (Å²) in [6.45, 7) is -0.755. The Morgan fingerprint density at radius 2 is 1.64 bits per heavy atom. The summed E-state index contributed by atoms with van der Waals surface area (Å²) in [7, 11) is -4.22. The first-order valence-electron chi connectivity index (χ1n) is 7.27. The zero-order valence-electron chi connectivity index (χ0n) is 12.9. The van der Waals surface area contributed by atoms with E-state index >= 15 is 0 Å². The van der Waals surface area contributed by atoms with Crippen LogP contribution in [0.15, 0.2) is 65.2 Å². The van der Waals surface area contributed by atoms with Crippen molar-refractivity contribution >= 4 is 27.5 Å². The zero-order valence-corrected chi connectivity index (χ0v) is 13.7. The Bertz CT molecular complexity index is 997. The molecule has 1 aliphatic heterocycles. The first-order valence-corrected chi connectivity index (χ1v) is 8.71. The molecule has 3 rings (SSSR count). The van der Waals surface area contributed by atoms with E-state index in [2.05, 4.69) is 0 Å². The molecule has 25 heavy (non-hydrogen) atoms. The Balaban J connectivity index is 2.33. The maximum atomic E-state index is 12.9. The number of ketones is 1. The third-order valence-corrected chi connectivity index (χ3v) is 5.54. The fraction of sp³-hybridized carbons (Fsp3) is 0.0588. The Morgan fingerprint density at radius 1 is 1.04 bits per heavy atom. The van der Waals surface area contributed by atoms with Gasteiger partial charge in [-0.3, -0.25) is 9.59 Å². The van der Waals surface area contributed by atoms with Gasteiger partial charge < -0.3 is 10.8 Å². The van der Waals surface area contributed by atoms with Gasteiger partial charge in [0.1, 0.15) is 12.2 Å². The number of hydrogen-bond acceptors (Lipinski definition) is 5. The predicted octanol–water partition coefficient (Wildman–Crippen LogP) is 1.29. The second-order valence-electron chi connectivity index (χ2n) is 5.37. The summed E-state index contributed by atoms with van der Waals surface area (Å²) >= 11 is 0. The molecule has 2 aromatic carbocycles. The summed E-state index contributed by atoms with van der Waals surface area (Å²) < 4.78 is 26.3. The summed E-state index contributed by atoms with van der Waals surface area (Å²) in [5.41, 5.74) is 4.83. The maximum absolute atomic E-state index is 12.9. The number of allylic oxidation sites excluding steroid dienone is 1. The molecule has 0 aromatic heterocycles. The topological polar surface area (TPSA) is 118 Å². The lowest BCUT2D eigenvalue weighted by Gasteiger charge is -2.30. The molecule has 0 bridgehead atoms. The van der Waals surface area contributed by atoms with Crippen LogP contribution in [0.5, 0.6) is 0 Å². The van der Waals surface area contributed by atoms with Crippen LogP contribution in [0.25, 0.3) is 5.76 Å². The smallest absolute Gasteiger partial charge is 0.265 e. The number of fused-ring (bicyclic) bond motifs is 1. The van der Waals surface area contributed by atoms with Gasteiger partial charge in [0, 0.05) is 11.1 Å². The Morgan fingerprint density at radius 3 is 2.28 bits per heavy atom. The van der Waals surface area contributed by atoms with Crippen LogP contribution >= 0.6 is 0 Å². The number of sulfonamides is 1. The van der Waals surface area contributed by atoms with Crippen molar-refractivity contribution in [2.45, 2.75) is 4.90 Å². The summed E-state index contributed by atoms with van der Waals surface area (Å²) in [6, 6.07) is 13.6. The van der Waals surface area contributed by atoms with Gasteiger partial charge in [0.2, 0.25) is 11.7 Å². The van der Waals surface area contributed by atoms with Gasteiger partial charge in [-0.1, -0.05) is 42.5 Å². The van der Waals surface area contributed by atoms with Crippen molar-refractivity contribution in [3.05, 3.63) is 71.4 Å². The fourth-order valence-corrected chi connectivity index (χ4v) is 4.26. The second kappa shape index (κ2) is 6.06. The molecule has 8 heteroatoms. The van der Waals surface area contributed by atoms with Crippen molar-refractivity contribution in [2.75, 3.05) is 6.54 Å². The lowest BCUT2D eigenvalue weighted by molar-refractivity contribution is -0.117. The SMILES string of the molecule is NC(=O)CN1/C(=C(/O)c2ccccc2)C(=O)c2ccccc2S1(=O)=O. The van der Waals surface area contributed by atoms with Crippen LogP contribution < -0.4 is 5.73 Å². The molecule has 0 saturated carbocycles. The van der Waals surface area contributed by atoms with Crippen LogP contribution in [0.2, 0.25) is 0 Å². The average Bonchev–Trinajstić information content (AvgIpc) is 2.60. The van der Waals surface area contributed by atoms with Crippen molar-refractivity contribution in [1.82, 2.24) is 4.31 Å². The van der Waals surface area contributed by atoms with E-state index in [-0.39, 0.29) is 16.0 Å². The van der Waals surface area contributed by atoms with Crippen LogP contribution in [0.4, 0.5) is 0 Å². The minimum atomic E-state index is -4.22. The second-order valence-corrected chi connectivity index (χ2v) is 7.20. The normalized spacial score (nSPS) is 17.8. The van der Waals surface area contributed by atoms with Gasteiger partial charge in [0.15, 0.2) is 5.76 Å². The van der Waals surface area contributed by atoms with E-state index < -0.39 is 39.7 Å². The molecular formula is C17H14N2O5S. The fourth-order valence-electron chi connectivity index (χ4n) is 2.62. The van der Waals surface area contributed by atoms with E-state index in [1.807, 2.05) is 0 Å². The van der Waals surface area contributed by atoms with Crippen molar-refractivity contribution in [3.8, 4) is 0 Å². The molecule has 0 radical (unpaired) electrons. The van der Waals surface area contributed by atoms with Gasteiger partial charge in [0.25, 0.3) is 10.0 Å². The third-order valence-electron chi connectivity index (χ3n) is 3.74. The monoisotopic (exact) mass is 358 g/mol. The summed E-state index contributed by atoms with van der Waals surface area (Å²) in [4.78, 5) is 24.0. The van der Waals surface area contributed by atoms with E-state index in [1.54, 1.807) is 18.2 Å². The summed E-state index contributed by atoms with van der Waals surface area (Å²) in [5, 5.41) is 10.6. The van der Waals surface area contributed by atoms with E-state index in [1.165, 1.54) is 36.4 Å². The van der Waals surface area contributed by atoms with Crippen LogP contribution in [0.1, 0.15) is 15.9 Å². The molecule has 1 aliphatic rings. The van der Waals surface area contributed by atoms with Crippen molar-refractivity contribution in [2.24, 2.45) is 5.73 Å². The molecule has 2 aromatic rings. The lowest BCUT2D eigenvalue weighted by Crippen LogP contribution is -2.44. The van der Waals surface area contributed by atoms with E-state index in [4.69, 9.17) is 5.73 Å². The number of nitrogens with zero attached hydrogens (tertiary/aromatic N) is 1. The van der Waals surface area contributed by atoms with Crippen molar-refractivity contribution in [1.29, 1.82) is 0 Å². The number of rotatable bonds is 3. The highest BCUT2D eigenvalue weighted by Gasteiger charge is 2.42. The molecule has 3 N–H and O–H groups in total. The third kappa shape index (κ3) is 2.76. The number of Topliss-reactive ketones (excluding diaryl/α,β-unsaturated/α-hetero) is 1. The standard InChI is InChI=1S/C17H14N2O5S/c18-14(20)10-19-15(16(21)11-6-2-1-3-7-11)17(22)12-8-4-5-9-13(12)25(19,23)24/h1-9,21H,10H2,(H2,18,20)/b16-15+. The number of carbonyl (C=O) groups excluding carboxylic acids is 2. The minimum Gasteiger partial charge on any atom is -0.505 e. The van der Waals surface area contributed by atoms with Gasteiger partial charge in [0.05, 0.1) is 4.90 Å². The molecular weight excluding hydrogens is 344 g/mol. The Kier molecular flexibility index (Phi) is 4.05. The van der Waals surface area contributed by atoms with E-state index in [0.717, 1.165) is 0 Å². The predicted molar refractivity (Wildman–Crippen MR) is 89.8 cm³/mol. The van der Waals surface area contributed by atoms with Crippen LogP contribution in [0, 0.1) is 0 Å². The van der Waals surface area contributed by atoms with Gasteiger partial charge in [-0.2, -0.15) is 0 Å². The molecule has 0 atom stereocenters. The number of primary amides is 1. The number of nitrogens with two attached hydrogens (primary N) is 1. The molecule has 0 fully saturated rings. The Labute approximate surface area is 144 Å². The molecule has 0 saturated heterocycles. The number of benzene rings is 2. The minimum absolute atomic E-state index is 0.0688. The number of aliphatic hydroxyl groups is 1. The van der Waals surface area contributed by atoms with E-state index in [0.29, 0.717) is 4.31 Å². The first-order chi connectivity index (χ1) is 11.8. The van der Waals surface area contributed by atoms with Crippen LogP contribution in [0.3, 0.4) is 0 Å².